The second-order valence-corrected chi connectivity index (χ2v) is 9.66. The Bertz CT molecular complexity index is 992. The molecule has 2 aliphatic rings. The van der Waals surface area contributed by atoms with Crippen molar-refractivity contribution in [3.05, 3.63) is 46.5 Å². The molecule has 0 N–H and O–H groups in total. The number of nitrogens with zero attached hydrogens (tertiary/aromatic N) is 3. The Morgan fingerprint density at radius 3 is 2.85 bits per heavy atom. The minimum atomic E-state index is -3.64. The highest BCUT2D eigenvalue weighted by Crippen LogP contribution is 2.45. The Morgan fingerprint density at radius 2 is 2.11 bits per heavy atom. The maximum Gasteiger partial charge on any atom is 0.243 e. The molecule has 4 rings (SSSR count). The van der Waals surface area contributed by atoms with Gasteiger partial charge in [-0.15, -0.1) is 0 Å². The number of sulfonamides is 1. The molecule has 1 atom stereocenters. The van der Waals surface area contributed by atoms with Crippen LogP contribution in [0.15, 0.2) is 29.3 Å². The van der Waals surface area contributed by atoms with Crippen molar-refractivity contribution in [2.45, 2.75) is 42.9 Å². The molecule has 6 nitrogen and oxygen atoms in total. The van der Waals surface area contributed by atoms with Crippen LogP contribution in [0.4, 0.5) is 0 Å². The summed E-state index contributed by atoms with van der Waals surface area (Å²) >= 11 is 6.15. The van der Waals surface area contributed by atoms with E-state index >= 15 is 0 Å². The molecule has 1 fully saturated rings. The van der Waals surface area contributed by atoms with E-state index in [0.717, 1.165) is 42.8 Å². The minimum Gasteiger partial charge on any atom is -0.495 e. The maximum atomic E-state index is 13.3. The standard InChI is InChI=1S/C19H22ClN3O3S/c1-13-21-11-14-6-8-19(18(14)22-13)7-3-9-23(12-19)27(24,25)15-4-5-17(26-2)16(20)10-15/h4-5,10-11H,3,6-9,12H2,1-2H3. The first-order valence-corrected chi connectivity index (χ1v) is 10.8. The molecule has 144 valence electrons. The predicted octanol–water partition coefficient (Wildman–Crippen LogP) is 3.12. The zero-order valence-corrected chi connectivity index (χ0v) is 17.0. The molecule has 0 amide bonds. The van der Waals surface area contributed by atoms with E-state index in [2.05, 4.69) is 9.97 Å². The number of hydrogen-bond donors (Lipinski definition) is 0. The molecule has 1 aliphatic heterocycles. The van der Waals surface area contributed by atoms with Gasteiger partial charge in [-0.3, -0.25) is 0 Å². The van der Waals surface area contributed by atoms with Crippen molar-refractivity contribution in [3.63, 3.8) is 0 Å². The molecule has 1 aromatic carbocycles. The van der Waals surface area contributed by atoms with Crippen LogP contribution in [0.3, 0.4) is 0 Å². The highest BCUT2D eigenvalue weighted by molar-refractivity contribution is 7.89. The van der Waals surface area contributed by atoms with Gasteiger partial charge in [0.15, 0.2) is 0 Å². The van der Waals surface area contributed by atoms with Gasteiger partial charge in [0.1, 0.15) is 11.6 Å². The zero-order chi connectivity index (χ0) is 19.2. The van der Waals surface area contributed by atoms with Crippen molar-refractivity contribution in [2.75, 3.05) is 20.2 Å². The Balaban J connectivity index is 1.68. The van der Waals surface area contributed by atoms with Crippen LogP contribution >= 0.6 is 11.6 Å². The maximum absolute atomic E-state index is 13.3. The number of methoxy groups -OCH3 is 1. The third kappa shape index (κ3) is 3.11. The molecule has 27 heavy (non-hydrogen) atoms. The van der Waals surface area contributed by atoms with Gasteiger partial charge in [-0.25, -0.2) is 18.4 Å². The molecule has 1 unspecified atom stereocenters. The van der Waals surface area contributed by atoms with Gasteiger partial charge in [-0.05, 0) is 56.4 Å². The van der Waals surface area contributed by atoms with E-state index in [4.69, 9.17) is 16.3 Å². The van der Waals surface area contributed by atoms with Crippen molar-refractivity contribution in [3.8, 4) is 5.75 Å². The van der Waals surface area contributed by atoms with E-state index < -0.39 is 10.0 Å². The van der Waals surface area contributed by atoms with Crippen LogP contribution < -0.4 is 4.74 Å². The van der Waals surface area contributed by atoms with E-state index in [1.54, 1.807) is 16.4 Å². The molecule has 0 bridgehead atoms. The summed E-state index contributed by atoms with van der Waals surface area (Å²) in [7, 11) is -2.13. The van der Waals surface area contributed by atoms with E-state index in [9.17, 15) is 8.42 Å². The third-order valence-corrected chi connectivity index (χ3v) is 7.80. The van der Waals surface area contributed by atoms with Gasteiger partial charge in [0, 0.05) is 24.7 Å². The molecular weight excluding hydrogens is 386 g/mol. The fourth-order valence-electron chi connectivity index (χ4n) is 4.28. The number of rotatable bonds is 3. The van der Waals surface area contributed by atoms with E-state index in [0.29, 0.717) is 23.9 Å². The average molecular weight is 408 g/mol. The van der Waals surface area contributed by atoms with Crippen molar-refractivity contribution < 1.29 is 13.2 Å². The molecule has 2 heterocycles. The summed E-state index contributed by atoms with van der Waals surface area (Å²) in [5.41, 5.74) is 1.96. The Morgan fingerprint density at radius 1 is 1.30 bits per heavy atom. The van der Waals surface area contributed by atoms with Crippen LogP contribution in [0.25, 0.3) is 0 Å². The van der Waals surface area contributed by atoms with Crippen LogP contribution in [-0.4, -0.2) is 42.9 Å². The highest BCUT2D eigenvalue weighted by Gasteiger charge is 2.46. The first-order chi connectivity index (χ1) is 12.9. The van der Waals surface area contributed by atoms with Crippen LogP contribution in [0.2, 0.25) is 5.02 Å². The lowest BCUT2D eigenvalue weighted by Gasteiger charge is -2.39. The fraction of sp³-hybridized carbons (Fsp3) is 0.474. The first kappa shape index (κ1) is 18.7. The normalized spacial score (nSPS) is 22.8. The Kier molecular flexibility index (Phi) is 4.64. The highest BCUT2D eigenvalue weighted by atomic mass is 35.5. The summed E-state index contributed by atoms with van der Waals surface area (Å²) in [6, 6.07) is 4.61. The second kappa shape index (κ2) is 6.72. The monoisotopic (exact) mass is 407 g/mol. The van der Waals surface area contributed by atoms with E-state index in [1.165, 1.54) is 13.2 Å². The number of piperidine rings is 1. The number of ether oxygens (including phenoxy) is 1. The predicted molar refractivity (Wildman–Crippen MR) is 103 cm³/mol. The zero-order valence-electron chi connectivity index (χ0n) is 15.4. The Hall–Kier alpha value is -1.70. The average Bonchev–Trinajstić information content (AvgIpc) is 2.99. The molecular formula is C19H22ClN3O3S. The number of fused-ring (bicyclic) bond motifs is 2. The summed E-state index contributed by atoms with van der Waals surface area (Å²) in [5, 5.41) is 0.292. The number of halogens is 1. The first-order valence-electron chi connectivity index (χ1n) is 9.02. The second-order valence-electron chi connectivity index (χ2n) is 7.31. The molecule has 0 radical (unpaired) electrons. The summed E-state index contributed by atoms with van der Waals surface area (Å²) in [6.07, 6.45) is 5.47. The third-order valence-electron chi connectivity index (χ3n) is 5.66. The number of hydrogen-bond acceptors (Lipinski definition) is 5. The number of aryl methyl sites for hydroxylation is 2. The fourth-order valence-corrected chi connectivity index (χ4v) is 6.19. The van der Waals surface area contributed by atoms with E-state index in [1.807, 2.05) is 13.1 Å². The summed E-state index contributed by atoms with van der Waals surface area (Å²) < 4.78 is 33.2. The topological polar surface area (TPSA) is 72.4 Å². The molecule has 0 saturated carbocycles. The SMILES string of the molecule is COc1ccc(S(=O)(=O)N2CCCC3(CCc4cnc(C)nc43)C2)cc1Cl. The summed E-state index contributed by atoms with van der Waals surface area (Å²) in [4.78, 5) is 9.18. The van der Waals surface area contributed by atoms with Gasteiger partial charge < -0.3 is 4.74 Å². The van der Waals surface area contributed by atoms with Crippen molar-refractivity contribution >= 4 is 21.6 Å². The summed E-state index contributed by atoms with van der Waals surface area (Å²) in [5.74, 6) is 1.19. The Labute approximate surface area is 164 Å². The van der Waals surface area contributed by atoms with Gasteiger partial charge in [-0.2, -0.15) is 4.31 Å². The minimum absolute atomic E-state index is 0.197. The molecule has 1 aliphatic carbocycles. The van der Waals surface area contributed by atoms with Crippen molar-refractivity contribution in [2.24, 2.45) is 0 Å². The molecule has 8 heteroatoms. The van der Waals surface area contributed by atoms with Crippen molar-refractivity contribution in [1.82, 2.24) is 14.3 Å². The lowest BCUT2D eigenvalue weighted by molar-refractivity contribution is 0.219. The molecule has 1 aromatic heterocycles. The quantitative estimate of drug-likeness (QED) is 0.781. The lowest BCUT2D eigenvalue weighted by atomic mass is 9.78. The summed E-state index contributed by atoms with van der Waals surface area (Å²) in [6.45, 7) is 2.83. The molecule has 2 aromatic rings. The van der Waals surface area contributed by atoms with Crippen LogP contribution in [0, 0.1) is 6.92 Å². The number of aromatic nitrogens is 2. The van der Waals surface area contributed by atoms with Gasteiger partial charge >= 0.3 is 0 Å². The van der Waals surface area contributed by atoms with Gasteiger partial charge in [0.25, 0.3) is 0 Å². The van der Waals surface area contributed by atoms with Gasteiger partial charge in [-0.1, -0.05) is 11.6 Å². The van der Waals surface area contributed by atoms with Gasteiger partial charge in [0.05, 0.1) is 22.7 Å². The lowest BCUT2D eigenvalue weighted by Crippen LogP contribution is -2.47. The van der Waals surface area contributed by atoms with Gasteiger partial charge in [0.2, 0.25) is 10.0 Å². The largest absolute Gasteiger partial charge is 0.495 e. The smallest absolute Gasteiger partial charge is 0.243 e. The van der Waals surface area contributed by atoms with E-state index in [-0.39, 0.29) is 10.3 Å². The van der Waals surface area contributed by atoms with Crippen LogP contribution in [0.5, 0.6) is 5.75 Å². The van der Waals surface area contributed by atoms with Crippen LogP contribution in [-0.2, 0) is 21.9 Å². The molecule has 1 saturated heterocycles. The van der Waals surface area contributed by atoms with Crippen LogP contribution in [0.1, 0.15) is 36.3 Å². The van der Waals surface area contributed by atoms with Crippen molar-refractivity contribution in [1.29, 1.82) is 0 Å². The molecule has 1 spiro atoms. The number of benzene rings is 1.